The third kappa shape index (κ3) is 4.04. The van der Waals surface area contributed by atoms with Crippen LogP contribution in [0, 0.1) is 6.92 Å². The first kappa shape index (κ1) is 15.5. The maximum atomic E-state index is 12.2. The van der Waals surface area contributed by atoms with Crippen LogP contribution in [0.15, 0.2) is 36.5 Å². The highest BCUT2D eigenvalue weighted by Crippen LogP contribution is 2.25. The third-order valence-electron chi connectivity index (χ3n) is 2.92. The number of anilines is 1. The number of carbonyl (C=O) groups is 1. The molecule has 0 bridgehead atoms. The molecule has 1 aromatic heterocycles. The molecule has 0 fully saturated rings. The quantitative estimate of drug-likeness (QED) is 0.832. The minimum Gasteiger partial charge on any atom is -0.494 e. The van der Waals surface area contributed by atoms with E-state index in [4.69, 9.17) is 4.74 Å². The van der Waals surface area contributed by atoms with Crippen molar-refractivity contribution in [3.63, 3.8) is 0 Å². The number of hydrogen-bond acceptors (Lipinski definition) is 3. The number of nitrogens with one attached hydrogen (secondary N) is 1. The van der Waals surface area contributed by atoms with Crippen molar-refractivity contribution >= 4 is 27.5 Å². The van der Waals surface area contributed by atoms with Crippen LogP contribution in [0.3, 0.4) is 0 Å². The molecule has 4 nitrogen and oxygen atoms in total. The summed E-state index contributed by atoms with van der Waals surface area (Å²) < 4.78 is 5.54. The summed E-state index contributed by atoms with van der Waals surface area (Å²) in [5.41, 5.74) is 3.15. The summed E-state index contributed by atoms with van der Waals surface area (Å²) >= 11 is 3.43. The van der Waals surface area contributed by atoms with Crippen molar-refractivity contribution in [1.82, 2.24) is 4.98 Å². The highest BCUT2D eigenvalue weighted by atomic mass is 79.9. The van der Waals surface area contributed by atoms with Crippen molar-refractivity contribution < 1.29 is 9.53 Å². The van der Waals surface area contributed by atoms with Gasteiger partial charge in [-0.15, -0.1) is 0 Å². The Morgan fingerprint density at radius 1 is 1.33 bits per heavy atom. The lowest BCUT2D eigenvalue weighted by Crippen LogP contribution is -2.12. The van der Waals surface area contributed by atoms with E-state index in [9.17, 15) is 4.79 Å². The summed E-state index contributed by atoms with van der Waals surface area (Å²) in [7, 11) is 0. The van der Waals surface area contributed by atoms with Crippen LogP contribution in [0.4, 0.5) is 5.69 Å². The predicted molar refractivity (Wildman–Crippen MR) is 87.2 cm³/mol. The van der Waals surface area contributed by atoms with Gasteiger partial charge in [-0.1, -0.05) is 15.9 Å². The molecule has 5 heteroatoms. The van der Waals surface area contributed by atoms with Crippen LogP contribution in [-0.4, -0.2) is 17.5 Å². The molecule has 1 amide bonds. The van der Waals surface area contributed by atoms with Crippen LogP contribution in [0.2, 0.25) is 0 Å². The highest BCUT2D eigenvalue weighted by Gasteiger charge is 2.09. The van der Waals surface area contributed by atoms with Crippen molar-refractivity contribution in [2.45, 2.75) is 19.2 Å². The Bertz CT molecular complexity index is 644. The first-order valence-corrected chi connectivity index (χ1v) is 7.82. The minimum atomic E-state index is -0.148. The van der Waals surface area contributed by atoms with E-state index in [0.717, 1.165) is 22.7 Å². The number of alkyl halides is 1. The Morgan fingerprint density at radius 3 is 2.81 bits per heavy atom. The molecule has 2 rings (SSSR count). The average Bonchev–Trinajstić information content (AvgIpc) is 2.49. The number of rotatable bonds is 5. The first-order valence-electron chi connectivity index (χ1n) is 6.69. The summed E-state index contributed by atoms with van der Waals surface area (Å²) in [6.07, 6.45) is 1.63. The molecule has 0 unspecified atom stereocenters. The Hall–Kier alpha value is -1.88. The molecule has 0 aliphatic heterocycles. The Balaban J connectivity index is 2.17. The monoisotopic (exact) mass is 348 g/mol. The molecule has 0 atom stereocenters. The fourth-order valence-corrected chi connectivity index (χ4v) is 2.39. The maximum absolute atomic E-state index is 12.2. The second kappa shape index (κ2) is 7.22. The lowest BCUT2D eigenvalue weighted by Gasteiger charge is -2.11. The van der Waals surface area contributed by atoms with E-state index in [1.54, 1.807) is 18.3 Å². The third-order valence-corrected chi connectivity index (χ3v) is 3.53. The van der Waals surface area contributed by atoms with Crippen LogP contribution in [-0.2, 0) is 5.33 Å². The summed E-state index contributed by atoms with van der Waals surface area (Å²) in [4.78, 5) is 16.3. The van der Waals surface area contributed by atoms with E-state index in [1.165, 1.54) is 0 Å². The number of halogens is 1. The largest absolute Gasteiger partial charge is 0.494 e. The summed E-state index contributed by atoms with van der Waals surface area (Å²) in [5.74, 6) is 0.678. The number of carbonyl (C=O) groups excluding carboxylic acids is 1. The van der Waals surface area contributed by atoms with Crippen molar-refractivity contribution in [1.29, 1.82) is 0 Å². The average molecular weight is 349 g/mol. The van der Waals surface area contributed by atoms with Gasteiger partial charge in [-0.05, 0) is 44.2 Å². The van der Waals surface area contributed by atoms with Gasteiger partial charge in [-0.3, -0.25) is 9.78 Å². The number of amides is 1. The number of pyridine rings is 1. The van der Waals surface area contributed by atoms with Crippen LogP contribution < -0.4 is 10.1 Å². The zero-order chi connectivity index (χ0) is 15.2. The lowest BCUT2D eigenvalue weighted by atomic mass is 10.1. The number of hydrogen-bond donors (Lipinski definition) is 1. The van der Waals surface area contributed by atoms with Gasteiger partial charge in [-0.25, -0.2) is 0 Å². The van der Waals surface area contributed by atoms with Crippen LogP contribution >= 0.6 is 15.9 Å². The normalized spacial score (nSPS) is 10.2. The first-order chi connectivity index (χ1) is 10.1. The molecular weight excluding hydrogens is 332 g/mol. The minimum absolute atomic E-state index is 0.148. The van der Waals surface area contributed by atoms with Gasteiger partial charge < -0.3 is 10.1 Å². The lowest BCUT2D eigenvalue weighted by molar-refractivity contribution is 0.102. The van der Waals surface area contributed by atoms with Gasteiger partial charge >= 0.3 is 0 Å². The van der Waals surface area contributed by atoms with E-state index in [0.29, 0.717) is 17.5 Å². The Kier molecular flexibility index (Phi) is 5.33. The van der Waals surface area contributed by atoms with E-state index >= 15 is 0 Å². The molecule has 0 saturated carbocycles. The topological polar surface area (TPSA) is 51.2 Å². The van der Waals surface area contributed by atoms with E-state index < -0.39 is 0 Å². The van der Waals surface area contributed by atoms with Gasteiger partial charge in [-0.2, -0.15) is 0 Å². The fraction of sp³-hybridized carbons (Fsp3) is 0.250. The summed E-state index contributed by atoms with van der Waals surface area (Å²) in [6, 6.07) is 9.07. The van der Waals surface area contributed by atoms with Crippen molar-refractivity contribution in [3.8, 4) is 5.75 Å². The van der Waals surface area contributed by atoms with Gasteiger partial charge in [0.1, 0.15) is 5.75 Å². The molecule has 0 aliphatic carbocycles. The number of aromatic nitrogens is 1. The van der Waals surface area contributed by atoms with E-state index in [-0.39, 0.29) is 5.91 Å². The second-order valence-corrected chi connectivity index (χ2v) is 5.09. The van der Waals surface area contributed by atoms with Crippen LogP contribution in [0.1, 0.15) is 28.5 Å². The zero-order valence-electron chi connectivity index (χ0n) is 12.0. The van der Waals surface area contributed by atoms with Crippen LogP contribution in [0.25, 0.3) is 0 Å². The Labute approximate surface area is 132 Å². The number of nitrogens with zero attached hydrogens (tertiary/aromatic N) is 1. The molecule has 1 N–H and O–H groups in total. The van der Waals surface area contributed by atoms with E-state index in [2.05, 4.69) is 26.2 Å². The molecular formula is C16H17BrN2O2. The molecule has 110 valence electrons. The number of ether oxygens (including phenoxy) is 1. The van der Waals surface area contributed by atoms with Crippen molar-refractivity contribution in [2.75, 3.05) is 11.9 Å². The number of benzene rings is 1. The molecule has 1 heterocycles. The van der Waals surface area contributed by atoms with Gasteiger partial charge in [0.05, 0.1) is 6.61 Å². The second-order valence-electron chi connectivity index (χ2n) is 4.53. The van der Waals surface area contributed by atoms with Gasteiger partial charge in [0.2, 0.25) is 0 Å². The van der Waals surface area contributed by atoms with Gasteiger partial charge in [0.15, 0.2) is 0 Å². The Morgan fingerprint density at radius 2 is 2.14 bits per heavy atom. The van der Waals surface area contributed by atoms with Crippen molar-refractivity contribution in [3.05, 3.63) is 53.3 Å². The highest BCUT2D eigenvalue weighted by molar-refractivity contribution is 9.08. The van der Waals surface area contributed by atoms with Gasteiger partial charge in [0, 0.05) is 34.0 Å². The van der Waals surface area contributed by atoms with E-state index in [1.807, 2.05) is 32.0 Å². The summed E-state index contributed by atoms with van der Waals surface area (Å²) in [6.45, 7) is 4.41. The molecule has 0 aliphatic rings. The van der Waals surface area contributed by atoms with Crippen LogP contribution in [0.5, 0.6) is 5.75 Å². The molecule has 0 saturated heterocycles. The SMILES string of the molecule is CCOc1ccc(NC(=O)c2ccnc(C)c2)cc1CBr. The van der Waals surface area contributed by atoms with Gasteiger partial charge in [0.25, 0.3) is 5.91 Å². The molecule has 0 spiro atoms. The predicted octanol–water partition coefficient (Wildman–Crippen LogP) is 3.94. The summed E-state index contributed by atoms with van der Waals surface area (Å²) in [5, 5.41) is 3.55. The van der Waals surface area contributed by atoms with Crippen molar-refractivity contribution in [2.24, 2.45) is 0 Å². The molecule has 0 radical (unpaired) electrons. The smallest absolute Gasteiger partial charge is 0.255 e. The molecule has 1 aromatic carbocycles. The maximum Gasteiger partial charge on any atom is 0.255 e. The molecule has 2 aromatic rings. The number of aryl methyl sites for hydroxylation is 1. The zero-order valence-corrected chi connectivity index (χ0v) is 13.6. The standard InChI is InChI=1S/C16H17BrN2O2/c1-3-21-15-5-4-14(9-13(15)10-17)19-16(20)12-6-7-18-11(2)8-12/h4-9H,3,10H2,1-2H3,(H,19,20). The fourth-order valence-electron chi connectivity index (χ4n) is 1.95. The molecule has 21 heavy (non-hydrogen) atoms.